The zero-order chi connectivity index (χ0) is 11.5. The van der Waals surface area contributed by atoms with Crippen LogP contribution in [0.4, 0.5) is 0 Å². The van der Waals surface area contributed by atoms with E-state index < -0.39 is 0 Å². The number of ketones is 1. The SMILES string of the molecule is CC(=O)C(=O)N1CCC(n2cccn2)CC1. The normalized spacial score (nSPS) is 17.4. The smallest absolute Gasteiger partial charge is 0.289 e. The Kier molecular flexibility index (Phi) is 3.03. The molecule has 1 aliphatic rings. The number of carbonyl (C=O) groups is 2. The van der Waals surface area contributed by atoms with Crippen LogP contribution in [0.5, 0.6) is 0 Å². The summed E-state index contributed by atoms with van der Waals surface area (Å²) in [5.74, 6) is -0.739. The highest BCUT2D eigenvalue weighted by molar-refractivity contribution is 6.35. The van der Waals surface area contributed by atoms with E-state index in [1.54, 1.807) is 11.1 Å². The van der Waals surface area contributed by atoms with Crippen LogP contribution >= 0.6 is 0 Å². The Hall–Kier alpha value is -1.65. The van der Waals surface area contributed by atoms with Gasteiger partial charge in [-0.05, 0) is 18.9 Å². The largest absolute Gasteiger partial charge is 0.336 e. The second kappa shape index (κ2) is 4.47. The highest BCUT2D eigenvalue weighted by Gasteiger charge is 2.25. The minimum Gasteiger partial charge on any atom is -0.336 e. The molecule has 0 N–H and O–H groups in total. The van der Waals surface area contributed by atoms with Crippen LogP contribution in [0.3, 0.4) is 0 Å². The van der Waals surface area contributed by atoms with Gasteiger partial charge < -0.3 is 4.90 Å². The van der Waals surface area contributed by atoms with Gasteiger partial charge in [-0.2, -0.15) is 5.10 Å². The average molecular weight is 221 g/mol. The van der Waals surface area contributed by atoms with Crippen LogP contribution in [0, 0.1) is 0 Å². The van der Waals surface area contributed by atoms with Gasteiger partial charge in [-0.3, -0.25) is 14.3 Å². The van der Waals surface area contributed by atoms with Crippen LogP contribution in [-0.2, 0) is 9.59 Å². The summed E-state index contributed by atoms with van der Waals surface area (Å²) in [4.78, 5) is 24.0. The molecule has 1 amide bonds. The molecule has 2 rings (SSSR count). The number of nitrogens with zero attached hydrogens (tertiary/aromatic N) is 3. The predicted octanol–water partition coefficient (Wildman–Crippen LogP) is 0.636. The average Bonchev–Trinajstić information content (AvgIpc) is 2.81. The Morgan fingerprint density at radius 3 is 2.50 bits per heavy atom. The first-order chi connectivity index (χ1) is 7.68. The van der Waals surface area contributed by atoms with E-state index in [9.17, 15) is 9.59 Å². The number of hydrogen-bond acceptors (Lipinski definition) is 3. The monoisotopic (exact) mass is 221 g/mol. The number of piperidine rings is 1. The fourth-order valence-electron chi connectivity index (χ4n) is 2.05. The number of Topliss-reactive ketones (excluding diaryl/α,β-unsaturated/α-hetero) is 1. The maximum atomic E-state index is 11.4. The first-order valence-electron chi connectivity index (χ1n) is 5.47. The van der Waals surface area contributed by atoms with Gasteiger partial charge in [-0.25, -0.2) is 0 Å². The Morgan fingerprint density at radius 1 is 1.31 bits per heavy atom. The third kappa shape index (κ3) is 2.13. The summed E-state index contributed by atoms with van der Waals surface area (Å²) in [6, 6.07) is 2.25. The van der Waals surface area contributed by atoms with E-state index in [0.717, 1.165) is 12.8 Å². The molecule has 0 unspecified atom stereocenters. The minimum absolute atomic E-state index is 0.353. The fourth-order valence-corrected chi connectivity index (χ4v) is 2.05. The van der Waals surface area contributed by atoms with Crippen molar-refractivity contribution >= 4 is 11.7 Å². The Bertz CT molecular complexity index is 378. The second-order valence-electron chi connectivity index (χ2n) is 4.07. The van der Waals surface area contributed by atoms with E-state index in [2.05, 4.69) is 5.10 Å². The zero-order valence-electron chi connectivity index (χ0n) is 9.30. The van der Waals surface area contributed by atoms with Crippen LogP contribution in [0.15, 0.2) is 18.5 Å². The number of amides is 1. The van der Waals surface area contributed by atoms with E-state index in [1.165, 1.54) is 6.92 Å². The standard InChI is InChI=1S/C11H15N3O2/c1-9(15)11(16)13-7-3-10(4-8-13)14-6-2-5-12-14/h2,5-6,10H,3-4,7-8H2,1H3. The van der Waals surface area contributed by atoms with Gasteiger partial charge in [0.1, 0.15) is 0 Å². The molecule has 0 atom stereocenters. The molecule has 0 saturated carbocycles. The molecule has 5 heteroatoms. The van der Waals surface area contributed by atoms with E-state index in [1.807, 2.05) is 16.9 Å². The fraction of sp³-hybridized carbons (Fsp3) is 0.545. The molecule has 86 valence electrons. The maximum Gasteiger partial charge on any atom is 0.289 e. The molecule has 0 aliphatic carbocycles. The molecule has 0 aromatic carbocycles. The Morgan fingerprint density at radius 2 is 2.00 bits per heavy atom. The van der Waals surface area contributed by atoms with E-state index >= 15 is 0 Å². The van der Waals surface area contributed by atoms with Gasteiger partial charge in [-0.1, -0.05) is 0 Å². The van der Waals surface area contributed by atoms with Crippen molar-refractivity contribution in [3.05, 3.63) is 18.5 Å². The minimum atomic E-state index is -0.377. The molecule has 0 radical (unpaired) electrons. The first-order valence-corrected chi connectivity index (χ1v) is 5.47. The molecule has 5 nitrogen and oxygen atoms in total. The van der Waals surface area contributed by atoms with Gasteiger partial charge in [0.25, 0.3) is 5.91 Å². The summed E-state index contributed by atoms with van der Waals surface area (Å²) in [7, 11) is 0. The lowest BCUT2D eigenvalue weighted by molar-refractivity contribution is -0.144. The summed E-state index contributed by atoms with van der Waals surface area (Å²) in [6.07, 6.45) is 5.42. The second-order valence-corrected chi connectivity index (χ2v) is 4.07. The Labute approximate surface area is 94.0 Å². The van der Waals surface area contributed by atoms with Crippen molar-refractivity contribution in [3.63, 3.8) is 0 Å². The summed E-state index contributed by atoms with van der Waals surface area (Å²) >= 11 is 0. The van der Waals surface area contributed by atoms with E-state index in [4.69, 9.17) is 0 Å². The quantitative estimate of drug-likeness (QED) is 0.688. The number of aromatic nitrogens is 2. The van der Waals surface area contributed by atoms with Crippen LogP contribution < -0.4 is 0 Å². The van der Waals surface area contributed by atoms with Gasteiger partial charge in [0.05, 0.1) is 6.04 Å². The highest BCUT2D eigenvalue weighted by atomic mass is 16.2. The molecule has 1 aromatic heterocycles. The van der Waals surface area contributed by atoms with Gasteiger partial charge in [0.2, 0.25) is 5.78 Å². The number of carbonyl (C=O) groups excluding carboxylic acids is 2. The highest BCUT2D eigenvalue weighted by Crippen LogP contribution is 2.21. The van der Waals surface area contributed by atoms with Crippen molar-refractivity contribution in [3.8, 4) is 0 Å². The summed E-state index contributed by atoms with van der Waals surface area (Å²) < 4.78 is 1.93. The van der Waals surface area contributed by atoms with Crippen molar-refractivity contribution in [1.29, 1.82) is 0 Å². The molecule has 0 spiro atoms. The molecule has 16 heavy (non-hydrogen) atoms. The summed E-state index contributed by atoms with van der Waals surface area (Å²) in [5.41, 5.74) is 0. The van der Waals surface area contributed by atoms with Crippen LogP contribution in [0.25, 0.3) is 0 Å². The lowest BCUT2D eigenvalue weighted by atomic mass is 10.1. The zero-order valence-corrected chi connectivity index (χ0v) is 9.30. The summed E-state index contributed by atoms with van der Waals surface area (Å²) in [5, 5.41) is 4.19. The molecular weight excluding hydrogens is 206 g/mol. The third-order valence-electron chi connectivity index (χ3n) is 2.95. The topological polar surface area (TPSA) is 55.2 Å². The number of hydrogen-bond donors (Lipinski definition) is 0. The molecule has 1 aromatic rings. The summed E-state index contributed by atoms with van der Waals surface area (Å²) in [6.45, 7) is 2.60. The van der Waals surface area contributed by atoms with Gasteiger partial charge in [0.15, 0.2) is 0 Å². The van der Waals surface area contributed by atoms with Crippen molar-refractivity contribution in [2.75, 3.05) is 13.1 Å². The molecule has 1 fully saturated rings. The Balaban J connectivity index is 1.92. The first kappa shape index (κ1) is 10.9. The van der Waals surface area contributed by atoms with Gasteiger partial charge in [-0.15, -0.1) is 0 Å². The molecule has 2 heterocycles. The van der Waals surface area contributed by atoms with Crippen LogP contribution in [0.2, 0.25) is 0 Å². The predicted molar refractivity (Wildman–Crippen MR) is 57.8 cm³/mol. The molecule has 0 bridgehead atoms. The molecule has 1 aliphatic heterocycles. The van der Waals surface area contributed by atoms with Crippen molar-refractivity contribution in [1.82, 2.24) is 14.7 Å². The van der Waals surface area contributed by atoms with Gasteiger partial charge in [0, 0.05) is 32.4 Å². The van der Waals surface area contributed by atoms with Crippen molar-refractivity contribution < 1.29 is 9.59 Å². The van der Waals surface area contributed by atoms with Crippen LogP contribution in [-0.4, -0.2) is 39.5 Å². The maximum absolute atomic E-state index is 11.4. The lowest BCUT2D eigenvalue weighted by Crippen LogP contribution is -2.41. The molecular formula is C11H15N3O2. The van der Waals surface area contributed by atoms with Crippen molar-refractivity contribution in [2.45, 2.75) is 25.8 Å². The number of likely N-dealkylation sites (tertiary alicyclic amines) is 1. The van der Waals surface area contributed by atoms with Crippen molar-refractivity contribution in [2.24, 2.45) is 0 Å². The van der Waals surface area contributed by atoms with E-state index in [-0.39, 0.29) is 11.7 Å². The van der Waals surface area contributed by atoms with E-state index in [0.29, 0.717) is 19.1 Å². The van der Waals surface area contributed by atoms with Crippen LogP contribution in [0.1, 0.15) is 25.8 Å². The molecule has 1 saturated heterocycles. The third-order valence-corrected chi connectivity index (χ3v) is 2.95. The van der Waals surface area contributed by atoms with Gasteiger partial charge >= 0.3 is 0 Å². The number of rotatable bonds is 2. The lowest BCUT2D eigenvalue weighted by Gasteiger charge is -2.31.